The van der Waals surface area contributed by atoms with Crippen LogP contribution < -0.4 is 64.4 Å². The second-order valence-corrected chi connectivity index (χ2v) is 35.7. The van der Waals surface area contributed by atoms with E-state index >= 15 is 0 Å². The number of hydrogen-bond donors (Lipinski definition) is 16. The SMILES string of the molecule is COC1OC2C(O1)[C@](COP(=O)(N[C@@H](C)C(=O)OC1CCCCC1)Oc1ccccc1)(N=[N+]=[N-])O[C@H]2n1cnc2c(=O)[nH]c(N)nc21.COC1O[C@H]2[C@H](n3cnc4c(=O)[nH]c(N)nc43)O[C@@](CO)(N=[N+]=[N-])[C@H]2O1.C[C@H](NP(=O)(OC[C@@]1(N=[N+]=[N-])O[C@@H](n2cnc3c(=O)[nH]c(N)nc32)[C@H](O)[C@@H]1O)Oc1ccccc1)C(=O)OC1CCCCC1.[N-]=[N+]=N[C@]1(CO)O[C@@H](n2cnc3c(=O)[nH]c(N)nc32)[C@H](O)[C@@H]1O. The molecule has 0 bridgehead atoms. The van der Waals surface area contributed by atoms with Gasteiger partial charge in [0.15, 0.2) is 69.6 Å². The van der Waals surface area contributed by atoms with E-state index in [9.17, 15) is 79.6 Å². The van der Waals surface area contributed by atoms with Gasteiger partial charge >= 0.3 is 27.4 Å². The van der Waals surface area contributed by atoms with Crippen LogP contribution in [0.4, 0.5) is 23.8 Å². The van der Waals surface area contributed by atoms with Crippen LogP contribution in [0.2, 0.25) is 0 Å². The predicted octanol–water partition coefficient (Wildman–Crippen LogP) is 1.92. The molecule has 14 heterocycles. The molecule has 20 N–H and O–H groups in total. The molecule has 66 heteroatoms. The summed E-state index contributed by atoms with van der Waals surface area (Å²) in [5.41, 5.74) is 48.2. The number of nitrogen functional groups attached to an aromatic ring is 4. The van der Waals surface area contributed by atoms with E-state index in [1.54, 1.807) is 48.5 Å². The van der Waals surface area contributed by atoms with E-state index in [2.05, 4.69) is 110 Å². The first-order valence-corrected chi connectivity index (χ1v) is 45.6. The number of carbonyl (C=O) groups excluding carboxylic acids is 2. The fourth-order valence-corrected chi connectivity index (χ4v) is 19.4. The van der Waals surface area contributed by atoms with Gasteiger partial charge < -0.3 is 119 Å². The number of fused-ring (bicyclic) bond motifs is 6. The van der Waals surface area contributed by atoms with E-state index < -0.39 is 198 Å². The number of para-hydroxylation sites is 2. The molecule has 2 aliphatic carbocycles. The maximum atomic E-state index is 14.3. The van der Waals surface area contributed by atoms with Crippen molar-refractivity contribution < 1.29 is 124 Å². The minimum atomic E-state index is -4.50. The lowest BCUT2D eigenvalue weighted by Gasteiger charge is -2.31. The molecule has 2 aromatic carbocycles. The molecule has 22 atom stereocenters. The van der Waals surface area contributed by atoms with Crippen LogP contribution in [-0.4, -0.2) is 270 Å². The van der Waals surface area contributed by atoms with Gasteiger partial charge in [0.25, 0.3) is 35.2 Å². The number of azide groups is 4. The van der Waals surface area contributed by atoms with E-state index in [4.69, 9.17) is 109 Å². The number of methoxy groups -OCH3 is 2. The topological polar surface area (TPSA) is 915 Å². The maximum Gasteiger partial charge on any atom is 0.459 e. The summed E-state index contributed by atoms with van der Waals surface area (Å²) >= 11 is 0. The number of nitrogens with one attached hydrogen (secondary N) is 6. The van der Waals surface area contributed by atoms with E-state index in [-0.39, 0.29) is 92.2 Å². The number of aromatic amines is 4. The zero-order valence-electron chi connectivity index (χ0n) is 73.8. The number of benzene rings is 2. The highest BCUT2D eigenvalue weighted by atomic mass is 31.2. The van der Waals surface area contributed by atoms with Crippen molar-refractivity contribution >= 4 is 95.9 Å². The van der Waals surface area contributed by atoms with Crippen LogP contribution in [-0.2, 0) is 84.6 Å². The molecule has 6 unspecified atom stereocenters. The summed E-state index contributed by atoms with van der Waals surface area (Å²) in [6.45, 7) is -2.56. The first kappa shape index (κ1) is 101. The summed E-state index contributed by atoms with van der Waals surface area (Å²) in [6, 6.07) is 13.8. The van der Waals surface area contributed by atoms with Gasteiger partial charge in [0, 0.05) is 33.9 Å². The first-order valence-electron chi connectivity index (χ1n) is 42.6. The van der Waals surface area contributed by atoms with Crippen LogP contribution >= 0.6 is 15.5 Å². The van der Waals surface area contributed by atoms with Crippen molar-refractivity contribution in [2.24, 2.45) is 20.5 Å². The van der Waals surface area contributed by atoms with Gasteiger partial charge in [0.1, 0.15) is 84.6 Å². The van der Waals surface area contributed by atoms with E-state index in [0.29, 0.717) is 0 Å². The van der Waals surface area contributed by atoms with Crippen molar-refractivity contribution in [1.82, 2.24) is 88.3 Å². The highest BCUT2D eigenvalue weighted by Crippen LogP contribution is 2.54. The highest BCUT2D eigenvalue weighted by molar-refractivity contribution is 7.52. The van der Waals surface area contributed by atoms with Gasteiger partial charge in [-0.3, -0.25) is 76.0 Å². The van der Waals surface area contributed by atoms with E-state index in [1.165, 1.54) is 62.0 Å². The number of carbonyl (C=O) groups is 2. The zero-order valence-corrected chi connectivity index (χ0v) is 75.6. The van der Waals surface area contributed by atoms with Gasteiger partial charge in [-0.2, -0.15) is 30.1 Å². The molecule has 8 aromatic heterocycles. The number of anilines is 4. The second kappa shape index (κ2) is 42.3. The summed E-state index contributed by atoms with van der Waals surface area (Å²) < 4.78 is 124. The molecule has 0 amide bonds. The van der Waals surface area contributed by atoms with E-state index in [0.717, 1.165) is 86.0 Å². The van der Waals surface area contributed by atoms with Crippen LogP contribution in [0.15, 0.2) is 126 Å². The Labute approximate surface area is 782 Å². The van der Waals surface area contributed by atoms with Gasteiger partial charge in [-0.15, -0.1) is 0 Å². The second-order valence-electron chi connectivity index (χ2n) is 32.3. The van der Waals surface area contributed by atoms with Crippen LogP contribution in [0.3, 0.4) is 0 Å². The molecule has 18 rings (SSSR count). The Morgan fingerprint density at radius 2 is 0.786 bits per heavy atom. The number of aliphatic hydroxyl groups is 6. The highest BCUT2D eigenvalue weighted by Gasteiger charge is 2.66. The molecule has 0 radical (unpaired) electrons. The van der Waals surface area contributed by atoms with Crippen molar-refractivity contribution in [2.45, 2.75) is 212 Å². The lowest BCUT2D eigenvalue weighted by atomic mass is 9.98. The molecule has 64 nitrogen and oxygen atoms in total. The number of nitrogens with zero attached hydrogens (tertiary/aromatic N) is 24. The smallest absolute Gasteiger partial charge is 0.459 e. The third-order valence-electron chi connectivity index (χ3n) is 23.0. The molecule has 6 saturated heterocycles. The predicted molar refractivity (Wildman–Crippen MR) is 470 cm³/mol. The monoisotopic (exact) mass is 2000 g/mol. The lowest BCUT2D eigenvalue weighted by molar-refractivity contribution is -0.270. The van der Waals surface area contributed by atoms with Crippen LogP contribution in [0.5, 0.6) is 11.5 Å². The largest absolute Gasteiger partial charge is 0.461 e. The van der Waals surface area contributed by atoms with Crippen molar-refractivity contribution in [3.05, 3.63) is 169 Å². The minimum Gasteiger partial charge on any atom is -0.461 e. The Balaban J connectivity index is 0.000000147. The van der Waals surface area contributed by atoms with Crippen molar-refractivity contribution in [3.63, 3.8) is 0 Å². The number of esters is 2. The summed E-state index contributed by atoms with van der Waals surface area (Å²) in [4.78, 5) is 127. The Bertz CT molecular complexity index is 6740. The average Bonchev–Trinajstić information content (AvgIpc) is 1.58. The molecule has 8 aliphatic rings. The normalized spacial score (nSPS) is 28.7. The number of rotatable bonds is 30. The molecule has 748 valence electrons. The van der Waals surface area contributed by atoms with Crippen molar-refractivity contribution in [2.75, 3.05) is 63.6 Å². The molecule has 6 aliphatic heterocycles. The third-order valence-corrected chi connectivity index (χ3v) is 26.3. The van der Waals surface area contributed by atoms with Crippen LogP contribution in [0.1, 0.15) is 103 Å². The van der Waals surface area contributed by atoms with Crippen molar-refractivity contribution in [1.29, 1.82) is 0 Å². The minimum absolute atomic E-state index is 0.00261. The first-order chi connectivity index (χ1) is 67.1. The van der Waals surface area contributed by atoms with Gasteiger partial charge in [-0.1, -0.05) is 69.7 Å². The van der Waals surface area contributed by atoms with E-state index in [1.807, 2.05) is 0 Å². The van der Waals surface area contributed by atoms with Gasteiger partial charge in [0.2, 0.25) is 46.7 Å². The average molecular weight is 2000 g/mol. The molecule has 0 spiro atoms. The van der Waals surface area contributed by atoms with Gasteiger partial charge in [-0.05, 0) is 112 Å². The summed E-state index contributed by atoms with van der Waals surface area (Å²) in [5.74, 6) is -1.76. The molecule has 8 fully saturated rings. The zero-order chi connectivity index (χ0) is 99.9. The Hall–Kier alpha value is -13.5. The number of aliphatic hydroxyl groups excluding tert-OH is 6. The third kappa shape index (κ3) is 20.7. The quantitative estimate of drug-likeness (QED) is 0.0100. The number of ether oxygens (including phenoxy) is 12. The summed E-state index contributed by atoms with van der Waals surface area (Å²) in [5, 5.41) is 80.7. The number of nitrogens with two attached hydrogens (primary N) is 4. The molecular weight excluding hydrogens is 1910 g/mol. The number of hydrogen-bond acceptors (Lipinski definition) is 46. The number of aromatic nitrogens is 16. The number of H-pyrrole nitrogens is 4. The fourth-order valence-electron chi connectivity index (χ4n) is 16.4. The Morgan fingerprint density at radius 3 is 1.14 bits per heavy atom. The summed E-state index contributed by atoms with van der Waals surface area (Å²) in [7, 11) is -6.25. The fraction of sp³-hybridized carbons (Fsp3) is 0.541. The molecule has 2 saturated carbocycles. The van der Waals surface area contributed by atoms with Crippen LogP contribution in [0.25, 0.3) is 86.4 Å². The molecule has 10 aromatic rings. The Kier molecular flexibility index (Phi) is 30.5. The van der Waals surface area contributed by atoms with Crippen LogP contribution in [0, 0.1) is 0 Å². The maximum absolute atomic E-state index is 14.3. The van der Waals surface area contributed by atoms with Gasteiger partial charge in [0.05, 0.1) is 51.7 Å². The van der Waals surface area contributed by atoms with Gasteiger partial charge in [-0.25, -0.2) is 29.1 Å². The lowest BCUT2D eigenvalue weighted by Crippen LogP contribution is -2.46. The number of imidazole rings is 4. The molecular formula is C74H92N34O30P2. The Morgan fingerprint density at radius 1 is 0.479 bits per heavy atom. The standard InChI is InChI=1S/C27H34N9O10P.C25H32N9O9P.C12H14N8O6.C10H12N8O5/c1-15(24(38)42-16-9-5-3-6-10-16)33-47(39,46-17-11-7-4-8-12-17)41-13-27(34-35-29)20-19(43-26(40-2)44-20)23(45-27)36-14-30-18-21(36)31-25(28)32-22(18)37;1-14(23(38)41-15-8-4-2-5-9-15)31-44(39,43-16-10-6-3-7-11-16)40-12-25(32-33-27)19(36)18(35)22(42-25)34-13-28-17-20(34)29-24(26)30-21(17)37;1-23-11-24-5-6(25-11)12(2-21,18-19-14)26-9(5)20-3-15-4-7(20)16-10(13)17-8(4)22;11-9-14-6-3(7(22)15-9)13-2-18(6)8-4(20)5(21)10(1-19,23-8)16-17-12/h4,7-8,11-12,14-16,19-20,23,26H,3,5-6,9-10,13H2,1-2H3,(H,33,39)(H3,28,31,32,37);3,6-7,10-11,13-15,18-19,22,35-36H,2,4-5,8-9,12H2,1H3,(H,31,39)(H3,26,29,30,37);3,5-6,9,11,21H,2H2,1H3,(H3,13,16,17,22);2,4-5,8,19-21H,1H2,(H3,11,14,15,22)/t15-,19?,20?,23+,26?,27+,47?;14-,18+,19-,22+,25+,44?;5-,6+,9-,11?,12-;4-,5+,8-,10-/m0011/s1. The van der Waals surface area contributed by atoms with Crippen molar-refractivity contribution in [3.8, 4) is 11.5 Å². The molecule has 140 heavy (non-hydrogen) atoms. The summed E-state index contributed by atoms with van der Waals surface area (Å²) in [6.07, 6.45) is -2.82.